The second kappa shape index (κ2) is 8.19. The third-order valence-corrected chi connectivity index (χ3v) is 5.51. The van der Waals surface area contributed by atoms with Gasteiger partial charge in [-0.2, -0.15) is 18.3 Å². The Morgan fingerprint density at radius 2 is 1.76 bits per heavy atom. The molecule has 7 nitrogen and oxygen atoms in total. The summed E-state index contributed by atoms with van der Waals surface area (Å²) in [7, 11) is 0. The number of hydrogen-bond donors (Lipinski definition) is 1. The van der Waals surface area contributed by atoms with Gasteiger partial charge in [-0.1, -0.05) is 24.3 Å². The highest BCUT2D eigenvalue weighted by Crippen LogP contribution is 2.36. The average molecular weight is 452 g/mol. The van der Waals surface area contributed by atoms with Crippen LogP contribution in [0.2, 0.25) is 0 Å². The van der Waals surface area contributed by atoms with Gasteiger partial charge in [0.05, 0.1) is 17.5 Å². The van der Waals surface area contributed by atoms with Gasteiger partial charge in [-0.15, -0.1) is 0 Å². The van der Waals surface area contributed by atoms with Crippen molar-refractivity contribution in [1.29, 1.82) is 0 Å². The van der Waals surface area contributed by atoms with Crippen LogP contribution < -0.4 is 10.2 Å². The molecule has 0 bridgehead atoms. The Labute approximate surface area is 186 Å². The first-order valence-corrected chi connectivity index (χ1v) is 10.4. The first-order valence-electron chi connectivity index (χ1n) is 10.4. The van der Waals surface area contributed by atoms with Gasteiger partial charge in [0, 0.05) is 18.7 Å². The number of nitrogens with zero attached hydrogens (tertiary/aromatic N) is 5. The number of rotatable bonds is 4. The molecule has 0 atom stereocenters. The van der Waals surface area contributed by atoms with E-state index in [-0.39, 0.29) is 17.0 Å². The number of anilines is 2. The van der Waals surface area contributed by atoms with Gasteiger partial charge in [0.25, 0.3) is 5.91 Å². The van der Waals surface area contributed by atoms with Crippen molar-refractivity contribution in [2.24, 2.45) is 0 Å². The highest BCUT2D eigenvalue weighted by atomic mass is 19.4. The largest absolute Gasteiger partial charge is 0.417 e. The van der Waals surface area contributed by atoms with Crippen LogP contribution in [-0.4, -0.2) is 38.6 Å². The predicted molar refractivity (Wildman–Crippen MR) is 117 cm³/mol. The molecule has 1 saturated heterocycles. The molecule has 0 aliphatic carbocycles. The van der Waals surface area contributed by atoms with Crippen LogP contribution in [0.4, 0.5) is 24.8 Å². The van der Waals surface area contributed by atoms with Gasteiger partial charge >= 0.3 is 6.18 Å². The lowest BCUT2D eigenvalue weighted by Gasteiger charge is -2.17. The minimum absolute atomic E-state index is 0.0769. The maximum absolute atomic E-state index is 13.5. The summed E-state index contributed by atoms with van der Waals surface area (Å²) in [6.45, 7) is 1.84. The fourth-order valence-electron chi connectivity index (χ4n) is 3.92. The predicted octanol–water partition coefficient (Wildman–Crippen LogP) is 4.66. The maximum atomic E-state index is 13.5. The van der Waals surface area contributed by atoms with Crippen molar-refractivity contribution < 1.29 is 18.0 Å². The summed E-state index contributed by atoms with van der Waals surface area (Å²) in [5.41, 5.74) is -0.369. The zero-order chi connectivity index (χ0) is 23.0. The topological polar surface area (TPSA) is 75.4 Å². The lowest BCUT2D eigenvalue weighted by Crippen LogP contribution is -2.20. The molecule has 1 fully saturated rings. The quantitative estimate of drug-likeness (QED) is 0.487. The minimum atomic E-state index is -4.53. The number of aromatic nitrogens is 4. The molecule has 0 spiro atoms. The van der Waals surface area contributed by atoms with Crippen LogP contribution >= 0.6 is 0 Å². The van der Waals surface area contributed by atoms with Crippen molar-refractivity contribution in [1.82, 2.24) is 19.6 Å². The number of alkyl halides is 3. The Balaban J connectivity index is 1.47. The second-order valence-electron chi connectivity index (χ2n) is 7.70. The molecule has 1 aliphatic heterocycles. The van der Waals surface area contributed by atoms with Gasteiger partial charge in [0.15, 0.2) is 11.3 Å². The van der Waals surface area contributed by atoms with Gasteiger partial charge in [-0.3, -0.25) is 4.79 Å². The summed E-state index contributed by atoms with van der Waals surface area (Å²) in [4.78, 5) is 23.8. The van der Waals surface area contributed by atoms with Crippen LogP contribution in [0.5, 0.6) is 0 Å². The maximum Gasteiger partial charge on any atom is 0.417 e. The third-order valence-electron chi connectivity index (χ3n) is 5.51. The molecule has 33 heavy (non-hydrogen) atoms. The fraction of sp³-hybridized carbons (Fsp3) is 0.217. The first-order chi connectivity index (χ1) is 15.9. The van der Waals surface area contributed by atoms with Crippen LogP contribution in [0.3, 0.4) is 0 Å². The molecule has 1 amide bonds. The molecular formula is C23H19F3N6O. The number of fused-ring (bicyclic) bond motifs is 1. The number of carbonyl (C=O) groups excluding carboxylic acids is 1. The lowest BCUT2D eigenvalue weighted by atomic mass is 10.0. The Morgan fingerprint density at radius 1 is 0.970 bits per heavy atom. The van der Waals surface area contributed by atoms with Gasteiger partial charge in [-0.05, 0) is 43.2 Å². The standard InChI is InChI=1S/C23H19F3N6O/c24-23(25,26)16-7-2-1-6-15(16)17-10-11-20-27-14-18(32(20)30-17)22(33)29-19-8-5-9-21(28-19)31-12-3-4-13-31/h1-2,5-11,14H,3-4,12-13H2,(H,28,29,33). The van der Waals surface area contributed by atoms with E-state index in [1.807, 2.05) is 12.1 Å². The van der Waals surface area contributed by atoms with Crippen LogP contribution in [0.25, 0.3) is 16.9 Å². The molecule has 3 aromatic heterocycles. The van der Waals surface area contributed by atoms with E-state index in [9.17, 15) is 18.0 Å². The van der Waals surface area contributed by atoms with Crippen LogP contribution in [0, 0.1) is 0 Å². The molecule has 0 radical (unpaired) electrons. The summed E-state index contributed by atoms with van der Waals surface area (Å²) in [5, 5.41) is 7.03. The number of halogens is 3. The van der Waals surface area contributed by atoms with E-state index < -0.39 is 17.6 Å². The van der Waals surface area contributed by atoms with Crippen LogP contribution in [0.1, 0.15) is 28.9 Å². The van der Waals surface area contributed by atoms with E-state index in [0.717, 1.165) is 37.8 Å². The molecule has 4 aromatic rings. The van der Waals surface area contributed by atoms with Crippen molar-refractivity contribution in [3.63, 3.8) is 0 Å². The van der Waals surface area contributed by atoms with Crippen molar-refractivity contribution >= 4 is 23.2 Å². The lowest BCUT2D eigenvalue weighted by molar-refractivity contribution is -0.137. The third kappa shape index (κ3) is 4.11. The number of hydrogen-bond acceptors (Lipinski definition) is 5. The number of amides is 1. The molecular weight excluding hydrogens is 433 g/mol. The van der Waals surface area contributed by atoms with Gasteiger partial charge in [-0.25, -0.2) is 14.5 Å². The van der Waals surface area contributed by atoms with E-state index in [4.69, 9.17) is 0 Å². The molecule has 1 aliphatic rings. The normalized spacial score (nSPS) is 14.1. The second-order valence-corrected chi connectivity index (χ2v) is 7.70. The zero-order valence-corrected chi connectivity index (χ0v) is 17.4. The number of carbonyl (C=O) groups is 1. The van der Waals surface area contributed by atoms with E-state index in [2.05, 4.69) is 25.3 Å². The number of imidazole rings is 1. The van der Waals surface area contributed by atoms with Gasteiger partial charge in [0.2, 0.25) is 0 Å². The Bertz CT molecular complexity index is 1330. The number of pyridine rings is 1. The van der Waals surface area contributed by atoms with Gasteiger partial charge < -0.3 is 10.2 Å². The fourth-order valence-corrected chi connectivity index (χ4v) is 3.92. The Hall–Kier alpha value is -3.95. The van der Waals surface area contributed by atoms with Crippen LogP contribution in [-0.2, 0) is 6.18 Å². The van der Waals surface area contributed by atoms with Crippen molar-refractivity contribution in [2.45, 2.75) is 19.0 Å². The summed E-state index contributed by atoms with van der Waals surface area (Å²) in [6, 6.07) is 13.5. The molecule has 1 N–H and O–H groups in total. The average Bonchev–Trinajstić information content (AvgIpc) is 3.48. The first kappa shape index (κ1) is 20.9. The van der Waals surface area contributed by atoms with Crippen molar-refractivity contribution in [3.8, 4) is 11.3 Å². The summed E-state index contributed by atoms with van der Waals surface area (Å²) in [5.74, 6) is 0.646. The summed E-state index contributed by atoms with van der Waals surface area (Å²) in [6.07, 6.45) is -0.993. The smallest absolute Gasteiger partial charge is 0.357 e. The Kier molecular flexibility index (Phi) is 5.20. The number of benzene rings is 1. The van der Waals surface area contributed by atoms with Crippen molar-refractivity contribution in [3.05, 3.63) is 72.1 Å². The molecule has 0 saturated carbocycles. The highest BCUT2D eigenvalue weighted by Gasteiger charge is 2.33. The minimum Gasteiger partial charge on any atom is -0.357 e. The molecule has 10 heteroatoms. The zero-order valence-electron chi connectivity index (χ0n) is 17.4. The molecule has 0 unspecified atom stereocenters. The van der Waals surface area contributed by atoms with E-state index in [1.54, 1.807) is 6.07 Å². The van der Waals surface area contributed by atoms with Crippen molar-refractivity contribution in [2.75, 3.05) is 23.3 Å². The molecule has 5 rings (SSSR count). The molecule has 168 valence electrons. The number of nitrogens with one attached hydrogen (secondary N) is 1. The van der Waals surface area contributed by atoms with E-state index >= 15 is 0 Å². The summed E-state index contributed by atoms with van der Waals surface area (Å²) < 4.78 is 41.6. The summed E-state index contributed by atoms with van der Waals surface area (Å²) >= 11 is 0. The van der Waals surface area contributed by atoms with E-state index in [1.165, 1.54) is 41.0 Å². The SMILES string of the molecule is O=C(Nc1cccc(N2CCCC2)n1)c1cnc2ccc(-c3ccccc3C(F)(F)F)nn12. The Morgan fingerprint density at radius 3 is 2.55 bits per heavy atom. The van der Waals surface area contributed by atoms with Crippen LogP contribution in [0.15, 0.2) is 60.8 Å². The van der Waals surface area contributed by atoms with Gasteiger partial charge in [0.1, 0.15) is 11.6 Å². The highest BCUT2D eigenvalue weighted by molar-refractivity contribution is 6.03. The molecule has 1 aromatic carbocycles. The monoisotopic (exact) mass is 452 g/mol. The molecule has 4 heterocycles. The van der Waals surface area contributed by atoms with E-state index in [0.29, 0.717) is 11.5 Å².